The molecule has 0 saturated carbocycles. The van der Waals surface area contributed by atoms with Gasteiger partial charge in [-0.25, -0.2) is 4.39 Å². The van der Waals surface area contributed by atoms with Crippen molar-refractivity contribution in [2.75, 3.05) is 0 Å². The average Bonchev–Trinajstić information content (AvgIpc) is 1.98. The molecule has 0 fully saturated rings. The average molecular weight is 154 g/mol. The quantitative estimate of drug-likeness (QED) is 0.605. The minimum atomic E-state index is -0.303. The Balaban J connectivity index is 2.95. The van der Waals surface area contributed by atoms with Crippen molar-refractivity contribution in [2.24, 2.45) is 0 Å². The van der Waals surface area contributed by atoms with Gasteiger partial charge in [0.1, 0.15) is 11.6 Å². The van der Waals surface area contributed by atoms with E-state index < -0.39 is 0 Å². The van der Waals surface area contributed by atoms with Crippen molar-refractivity contribution in [1.29, 1.82) is 0 Å². The van der Waals surface area contributed by atoms with Gasteiger partial charge in [0.15, 0.2) is 0 Å². The number of hydrogen-bond acceptors (Lipinski definition) is 2. The summed E-state index contributed by atoms with van der Waals surface area (Å²) in [6, 6.07) is 4.12. The van der Waals surface area contributed by atoms with Crippen LogP contribution in [0, 0.1) is 12.7 Å². The minimum Gasteiger partial charge on any atom is -0.429 e. The molecular formula is C8H7FO2. The van der Waals surface area contributed by atoms with Gasteiger partial charge in [0.05, 0.1) is 0 Å². The Labute approximate surface area is 63.6 Å². The lowest BCUT2D eigenvalue weighted by atomic mass is 10.2. The van der Waals surface area contributed by atoms with Crippen molar-refractivity contribution < 1.29 is 13.9 Å². The third-order valence-electron chi connectivity index (χ3n) is 1.31. The van der Waals surface area contributed by atoms with Crippen LogP contribution in [0.15, 0.2) is 18.2 Å². The number of hydrogen-bond donors (Lipinski definition) is 0. The van der Waals surface area contributed by atoms with E-state index >= 15 is 0 Å². The lowest BCUT2D eigenvalue weighted by Gasteiger charge is -1.98. The first kappa shape index (κ1) is 7.72. The second-order valence-electron chi connectivity index (χ2n) is 2.13. The normalized spacial score (nSPS) is 9.27. The second kappa shape index (κ2) is 3.14. The van der Waals surface area contributed by atoms with E-state index in [9.17, 15) is 9.18 Å². The molecule has 3 heteroatoms. The van der Waals surface area contributed by atoms with Crippen LogP contribution in [0.5, 0.6) is 5.75 Å². The molecule has 58 valence electrons. The van der Waals surface area contributed by atoms with Crippen LogP contribution >= 0.6 is 0 Å². The van der Waals surface area contributed by atoms with Crippen molar-refractivity contribution in [3.8, 4) is 5.75 Å². The number of rotatable bonds is 2. The van der Waals surface area contributed by atoms with Crippen molar-refractivity contribution in [1.82, 2.24) is 0 Å². The van der Waals surface area contributed by atoms with Gasteiger partial charge < -0.3 is 4.74 Å². The van der Waals surface area contributed by atoms with E-state index in [0.29, 0.717) is 17.8 Å². The predicted molar refractivity (Wildman–Crippen MR) is 37.8 cm³/mol. The highest BCUT2D eigenvalue weighted by molar-refractivity contribution is 5.45. The lowest BCUT2D eigenvalue weighted by Crippen LogP contribution is -1.90. The molecule has 0 spiro atoms. The molecule has 1 rings (SSSR count). The zero-order valence-electron chi connectivity index (χ0n) is 6.00. The van der Waals surface area contributed by atoms with Crippen molar-refractivity contribution >= 4 is 6.47 Å². The fraction of sp³-hybridized carbons (Fsp3) is 0.125. The van der Waals surface area contributed by atoms with Gasteiger partial charge in [-0.05, 0) is 30.7 Å². The van der Waals surface area contributed by atoms with Gasteiger partial charge in [-0.2, -0.15) is 0 Å². The number of ether oxygens (including phenoxy) is 1. The Hall–Kier alpha value is -1.38. The molecular weight excluding hydrogens is 147 g/mol. The van der Waals surface area contributed by atoms with Crippen molar-refractivity contribution in [3.63, 3.8) is 0 Å². The molecule has 0 atom stereocenters. The smallest absolute Gasteiger partial charge is 0.298 e. The maximum atomic E-state index is 12.6. The number of benzene rings is 1. The highest BCUT2D eigenvalue weighted by Gasteiger charge is 1.97. The predicted octanol–water partition coefficient (Wildman–Crippen LogP) is 1.67. The zero-order chi connectivity index (χ0) is 8.27. The largest absolute Gasteiger partial charge is 0.429 e. The lowest BCUT2D eigenvalue weighted by molar-refractivity contribution is -0.120. The summed E-state index contributed by atoms with van der Waals surface area (Å²) in [5.74, 6) is 0.0575. The van der Waals surface area contributed by atoms with Crippen LogP contribution in [0.1, 0.15) is 5.56 Å². The van der Waals surface area contributed by atoms with Gasteiger partial charge in [0.2, 0.25) is 0 Å². The van der Waals surface area contributed by atoms with Gasteiger partial charge in [0, 0.05) is 0 Å². The fourth-order valence-corrected chi connectivity index (χ4v) is 0.746. The molecule has 0 aliphatic rings. The maximum absolute atomic E-state index is 12.6. The topological polar surface area (TPSA) is 26.3 Å². The van der Waals surface area contributed by atoms with Gasteiger partial charge in [-0.15, -0.1) is 0 Å². The highest BCUT2D eigenvalue weighted by Crippen LogP contribution is 2.14. The highest BCUT2D eigenvalue weighted by atomic mass is 19.1. The van der Waals surface area contributed by atoms with Gasteiger partial charge in [-0.1, -0.05) is 0 Å². The molecule has 0 unspecified atom stereocenters. The first-order valence-electron chi connectivity index (χ1n) is 3.10. The molecule has 0 heterocycles. The maximum Gasteiger partial charge on any atom is 0.298 e. The summed E-state index contributed by atoms with van der Waals surface area (Å²) >= 11 is 0. The van der Waals surface area contributed by atoms with Gasteiger partial charge in [0.25, 0.3) is 6.47 Å². The Morgan fingerprint density at radius 1 is 1.55 bits per heavy atom. The SMILES string of the molecule is Cc1cc(OC=O)ccc1F. The minimum absolute atomic E-state index is 0.303. The number of aryl methyl sites for hydroxylation is 1. The summed E-state index contributed by atoms with van der Waals surface area (Å²) < 4.78 is 17.1. The Bertz CT molecular complexity index is 271. The summed E-state index contributed by atoms with van der Waals surface area (Å²) in [6.07, 6.45) is 0. The molecule has 0 aromatic heterocycles. The van der Waals surface area contributed by atoms with E-state index in [1.165, 1.54) is 18.2 Å². The first-order chi connectivity index (χ1) is 5.24. The molecule has 1 aromatic rings. The monoisotopic (exact) mass is 154 g/mol. The summed E-state index contributed by atoms with van der Waals surface area (Å²) in [4.78, 5) is 9.85. The van der Waals surface area contributed by atoms with Crippen LogP contribution in [0.3, 0.4) is 0 Å². The van der Waals surface area contributed by atoms with E-state index in [0.717, 1.165) is 0 Å². The van der Waals surface area contributed by atoms with Crippen LogP contribution in [0.25, 0.3) is 0 Å². The molecule has 0 aliphatic carbocycles. The number of carbonyl (C=O) groups excluding carboxylic acids is 1. The van der Waals surface area contributed by atoms with Crippen LogP contribution < -0.4 is 4.74 Å². The Morgan fingerprint density at radius 3 is 2.82 bits per heavy atom. The first-order valence-corrected chi connectivity index (χ1v) is 3.10. The molecule has 11 heavy (non-hydrogen) atoms. The Morgan fingerprint density at radius 2 is 2.27 bits per heavy atom. The van der Waals surface area contributed by atoms with Gasteiger partial charge >= 0.3 is 0 Å². The van der Waals surface area contributed by atoms with Crippen LogP contribution in [0.4, 0.5) is 4.39 Å². The number of halogens is 1. The molecule has 0 bridgehead atoms. The molecule has 0 aliphatic heterocycles. The van der Waals surface area contributed by atoms with Crippen molar-refractivity contribution in [2.45, 2.75) is 6.92 Å². The molecule has 1 aromatic carbocycles. The molecule has 0 amide bonds. The summed E-state index contributed by atoms with van der Waals surface area (Å²) in [6.45, 7) is 1.92. The van der Waals surface area contributed by atoms with Crippen LogP contribution in [-0.4, -0.2) is 6.47 Å². The summed E-state index contributed by atoms with van der Waals surface area (Å²) in [7, 11) is 0. The van der Waals surface area contributed by atoms with Crippen LogP contribution in [-0.2, 0) is 4.79 Å². The summed E-state index contributed by atoms with van der Waals surface area (Å²) in [5.41, 5.74) is 0.462. The molecule has 0 saturated heterocycles. The van der Waals surface area contributed by atoms with Gasteiger partial charge in [-0.3, -0.25) is 4.79 Å². The molecule has 2 nitrogen and oxygen atoms in total. The van der Waals surface area contributed by atoms with Crippen LogP contribution in [0.2, 0.25) is 0 Å². The number of carbonyl (C=O) groups is 1. The third-order valence-corrected chi connectivity index (χ3v) is 1.31. The second-order valence-corrected chi connectivity index (χ2v) is 2.13. The van der Waals surface area contributed by atoms with E-state index in [2.05, 4.69) is 4.74 Å². The van der Waals surface area contributed by atoms with E-state index in [4.69, 9.17) is 0 Å². The van der Waals surface area contributed by atoms with E-state index in [1.54, 1.807) is 6.92 Å². The zero-order valence-corrected chi connectivity index (χ0v) is 6.00. The molecule has 0 radical (unpaired) electrons. The summed E-state index contributed by atoms with van der Waals surface area (Å²) in [5, 5.41) is 0. The van der Waals surface area contributed by atoms with E-state index in [1.807, 2.05) is 0 Å². The molecule has 0 N–H and O–H groups in total. The van der Waals surface area contributed by atoms with Crippen molar-refractivity contribution in [3.05, 3.63) is 29.6 Å². The Kier molecular flexibility index (Phi) is 2.21. The van der Waals surface area contributed by atoms with E-state index in [-0.39, 0.29) is 5.82 Å². The fourth-order valence-electron chi connectivity index (χ4n) is 0.746. The third kappa shape index (κ3) is 1.77. The standard InChI is InChI=1S/C8H7FO2/c1-6-4-7(11-5-10)2-3-8(6)9/h2-5H,1H3.